The molecule has 0 aliphatic rings. The van der Waals surface area contributed by atoms with E-state index in [0.717, 1.165) is 0 Å². The minimum absolute atomic E-state index is 0. The van der Waals surface area contributed by atoms with Crippen LogP contribution in [0.25, 0.3) is 0 Å². The third-order valence-corrected chi connectivity index (χ3v) is 1.42. The van der Waals surface area contributed by atoms with E-state index in [1.165, 1.54) is 0 Å². The van der Waals surface area contributed by atoms with Gasteiger partial charge >= 0.3 is 0 Å². The minimum Gasteiger partial charge on any atom is -0.394 e. The van der Waals surface area contributed by atoms with Gasteiger partial charge in [-0.05, 0) is 0 Å². The molecule has 0 rings (SSSR count). The first-order chi connectivity index (χ1) is 5.54. The number of carbonyl (C=O) groups excluding carboxylic acids is 1. The van der Waals surface area contributed by atoms with Gasteiger partial charge in [0.2, 0.25) is 0 Å². The summed E-state index contributed by atoms with van der Waals surface area (Å²) in [6.07, 6.45) is -6.84. The largest absolute Gasteiger partial charge is 0.394 e. The first-order valence-corrected chi connectivity index (χ1v) is 3.33. The average molecular weight is 255 g/mol. The predicted molar refractivity (Wildman–Crippen MR) is 42.9 cm³/mol. The van der Waals surface area contributed by atoms with Gasteiger partial charge in [0.1, 0.15) is 24.4 Å². The second-order valence-electron chi connectivity index (χ2n) is 2.36. The van der Waals surface area contributed by atoms with Crippen LogP contribution in [-0.4, -0.2) is 80.8 Å². The minimum atomic E-state index is -1.79. The Kier molecular flexibility index (Phi) is 8.86. The summed E-state index contributed by atoms with van der Waals surface area (Å²) in [6, 6.07) is 0. The number of aliphatic hydroxyl groups is 5. The van der Waals surface area contributed by atoms with E-state index < -0.39 is 31.0 Å². The molecule has 0 aliphatic heterocycles. The molecular weight excluding hydrogens is 243 g/mol. The predicted octanol–water partition coefficient (Wildman–Crippen LogP) is -3.76. The Morgan fingerprint density at radius 1 is 1.08 bits per heavy atom. The van der Waals surface area contributed by atoms with E-state index >= 15 is 0 Å². The van der Waals surface area contributed by atoms with Gasteiger partial charge in [-0.3, -0.25) is 0 Å². The van der Waals surface area contributed by atoms with Crippen LogP contribution in [0.3, 0.4) is 0 Å². The van der Waals surface area contributed by atoms with Crippen molar-refractivity contribution in [2.75, 3.05) is 6.61 Å². The van der Waals surface area contributed by atoms with Gasteiger partial charge in [0, 0.05) is 18.0 Å². The van der Waals surface area contributed by atoms with Crippen molar-refractivity contribution in [3.8, 4) is 0 Å². The summed E-state index contributed by atoms with van der Waals surface area (Å²) in [5.74, 6) is 0. The van der Waals surface area contributed by atoms with Crippen molar-refractivity contribution in [1.82, 2.24) is 0 Å². The quantitative estimate of drug-likeness (QED) is 0.254. The fourth-order valence-corrected chi connectivity index (χ4v) is 0.618. The first-order valence-electron chi connectivity index (χ1n) is 3.33. The number of aldehydes is 1. The molecule has 0 saturated heterocycles. The fourth-order valence-electron chi connectivity index (χ4n) is 0.618. The molecule has 4 atom stereocenters. The van der Waals surface area contributed by atoms with Gasteiger partial charge in [0.15, 0.2) is 6.29 Å². The summed E-state index contributed by atoms with van der Waals surface area (Å²) < 4.78 is 0. The monoisotopic (exact) mass is 255 g/mol. The third-order valence-electron chi connectivity index (χ3n) is 1.42. The Bertz CT molecular complexity index is 143. The second-order valence-corrected chi connectivity index (χ2v) is 2.36. The van der Waals surface area contributed by atoms with E-state index in [-0.39, 0.29) is 24.2 Å². The topological polar surface area (TPSA) is 118 Å². The van der Waals surface area contributed by atoms with Crippen LogP contribution in [0.1, 0.15) is 0 Å². The molecule has 5 N–H and O–H groups in total. The van der Waals surface area contributed by atoms with Gasteiger partial charge in [-0.25, -0.2) is 0 Å². The molecule has 3 radical (unpaired) electrons. The molecule has 7 heteroatoms. The Morgan fingerprint density at radius 2 is 1.54 bits per heavy atom. The molecule has 0 bridgehead atoms. The maximum atomic E-state index is 9.90. The van der Waals surface area contributed by atoms with Gasteiger partial charge in [-0.15, -0.1) is 0 Å². The molecule has 77 valence electrons. The number of hydrogen-bond acceptors (Lipinski definition) is 6. The van der Waals surface area contributed by atoms with Gasteiger partial charge in [-0.1, -0.05) is 0 Å². The van der Waals surface area contributed by atoms with Gasteiger partial charge < -0.3 is 30.3 Å². The Morgan fingerprint density at radius 3 is 1.85 bits per heavy atom. The molecule has 0 aromatic rings. The SMILES string of the molecule is O=C[C@H](O)[C@@H](O)[C@H](O)[C@H](O)CO.[As]. The summed E-state index contributed by atoms with van der Waals surface area (Å²) >= 11 is 0. The Hall–Kier alpha value is 0.0284. The number of hydrogen-bond donors (Lipinski definition) is 5. The summed E-state index contributed by atoms with van der Waals surface area (Å²) in [4.78, 5) is 9.90. The van der Waals surface area contributed by atoms with Crippen molar-refractivity contribution >= 4 is 24.2 Å². The van der Waals surface area contributed by atoms with Crippen molar-refractivity contribution in [3.05, 3.63) is 0 Å². The van der Waals surface area contributed by atoms with Crippen LogP contribution in [0, 0.1) is 0 Å². The van der Waals surface area contributed by atoms with Gasteiger partial charge in [0.05, 0.1) is 6.61 Å². The van der Waals surface area contributed by atoms with Crippen LogP contribution < -0.4 is 0 Å². The summed E-state index contributed by atoms with van der Waals surface area (Å²) in [5.41, 5.74) is 0. The Labute approximate surface area is 86.1 Å². The molecular formula is C6H12AsO6. The van der Waals surface area contributed by atoms with Crippen LogP contribution >= 0.6 is 0 Å². The van der Waals surface area contributed by atoms with Crippen molar-refractivity contribution in [2.24, 2.45) is 0 Å². The smallest absolute Gasteiger partial charge is 0.151 e. The molecule has 0 fully saturated rings. The fraction of sp³-hybridized carbons (Fsp3) is 0.833. The van der Waals surface area contributed by atoms with Crippen molar-refractivity contribution in [2.45, 2.75) is 24.4 Å². The van der Waals surface area contributed by atoms with E-state index in [0.29, 0.717) is 0 Å². The third kappa shape index (κ3) is 4.71. The van der Waals surface area contributed by atoms with Gasteiger partial charge in [-0.2, -0.15) is 0 Å². The molecule has 13 heavy (non-hydrogen) atoms. The molecule has 0 amide bonds. The van der Waals surface area contributed by atoms with E-state index in [4.69, 9.17) is 25.5 Å². The van der Waals surface area contributed by atoms with E-state index in [1.54, 1.807) is 0 Å². The molecule has 0 unspecified atom stereocenters. The maximum Gasteiger partial charge on any atom is 0.151 e. The molecule has 0 heterocycles. The average Bonchev–Trinajstić information content (AvgIpc) is 2.12. The van der Waals surface area contributed by atoms with Crippen LogP contribution in [0.4, 0.5) is 0 Å². The van der Waals surface area contributed by atoms with Crippen molar-refractivity contribution < 1.29 is 30.3 Å². The number of aliphatic hydroxyl groups excluding tert-OH is 5. The van der Waals surface area contributed by atoms with Crippen molar-refractivity contribution in [1.29, 1.82) is 0 Å². The Balaban J connectivity index is 0. The summed E-state index contributed by atoms with van der Waals surface area (Å²) in [5, 5.41) is 43.5. The van der Waals surface area contributed by atoms with Gasteiger partial charge in [0.25, 0.3) is 0 Å². The molecule has 0 aromatic heterocycles. The second kappa shape index (κ2) is 7.43. The first kappa shape index (κ1) is 15.5. The standard InChI is InChI=1S/C6H12O6.As/c7-1-3(9)5(11)6(12)4(10)2-8;/h1,3-6,8-12H,2H2;/t3-,4+,5+,6+;/m0./s1. The summed E-state index contributed by atoms with van der Waals surface area (Å²) in [7, 11) is 0. The molecule has 0 aliphatic carbocycles. The maximum absolute atomic E-state index is 9.90. The van der Waals surface area contributed by atoms with Crippen LogP contribution in [0.5, 0.6) is 0 Å². The van der Waals surface area contributed by atoms with E-state index in [2.05, 4.69) is 0 Å². The van der Waals surface area contributed by atoms with E-state index in [9.17, 15) is 4.79 Å². The zero-order valence-electron chi connectivity index (χ0n) is 6.69. The molecule has 0 aromatic carbocycles. The zero-order valence-corrected chi connectivity index (χ0v) is 8.56. The van der Waals surface area contributed by atoms with E-state index in [1.807, 2.05) is 0 Å². The van der Waals surface area contributed by atoms with Crippen LogP contribution in [0.2, 0.25) is 0 Å². The number of rotatable bonds is 5. The molecule has 6 nitrogen and oxygen atoms in total. The normalized spacial score (nSPS) is 19.5. The number of carbonyl (C=O) groups is 1. The van der Waals surface area contributed by atoms with Crippen LogP contribution in [-0.2, 0) is 4.79 Å². The zero-order chi connectivity index (χ0) is 9.72. The van der Waals surface area contributed by atoms with Crippen LogP contribution in [0.15, 0.2) is 0 Å². The molecule has 0 spiro atoms. The van der Waals surface area contributed by atoms with Crippen molar-refractivity contribution in [3.63, 3.8) is 0 Å². The molecule has 0 saturated carbocycles. The summed E-state index contributed by atoms with van der Waals surface area (Å²) in [6.45, 7) is -0.760.